The molecule has 2 aromatic rings. The van der Waals surface area contributed by atoms with E-state index in [1.165, 1.54) is 38.5 Å². The molecular formula is C16H19Cl3N2. The highest BCUT2D eigenvalue weighted by molar-refractivity contribution is 6.42. The van der Waals surface area contributed by atoms with Crippen LogP contribution in [-0.4, -0.2) is 9.55 Å². The van der Waals surface area contributed by atoms with Gasteiger partial charge in [0.25, 0.3) is 0 Å². The highest BCUT2D eigenvalue weighted by atomic mass is 35.5. The molecule has 0 spiro atoms. The zero-order chi connectivity index (χ0) is 14.8. The molecule has 1 aliphatic carbocycles. The molecule has 1 aromatic carbocycles. The summed E-state index contributed by atoms with van der Waals surface area (Å²) < 4.78 is 2.21. The van der Waals surface area contributed by atoms with Gasteiger partial charge in [0.1, 0.15) is 5.82 Å². The van der Waals surface area contributed by atoms with Crippen molar-refractivity contribution in [2.45, 2.75) is 50.9 Å². The van der Waals surface area contributed by atoms with Crippen LogP contribution < -0.4 is 0 Å². The molecule has 1 saturated carbocycles. The third kappa shape index (κ3) is 3.33. The van der Waals surface area contributed by atoms with Crippen LogP contribution in [0.2, 0.25) is 10.0 Å². The van der Waals surface area contributed by atoms with E-state index in [1.54, 1.807) is 0 Å². The standard InChI is InChI=1S/C16H19Cl3N2/c17-10-16-20-14-8-12(18)13(19)9-15(14)21(16)7-6-11-4-2-1-3-5-11/h8-9,11H,1-7,10H2. The molecule has 2 nitrogen and oxygen atoms in total. The summed E-state index contributed by atoms with van der Waals surface area (Å²) in [7, 11) is 0. The van der Waals surface area contributed by atoms with Crippen LogP contribution in [0.3, 0.4) is 0 Å². The molecule has 0 unspecified atom stereocenters. The smallest absolute Gasteiger partial charge is 0.124 e. The maximum absolute atomic E-state index is 6.15. The number of imidazole rings is 1. The molecule has 1 fully saturated rings. The number of benzene rings is 1. The summed E-state index contributed by atoms with van der Waals surface area (Å²) >= 11 is 18.3. The monoisotopic (exact) mass is 344 g/mol. The quantitative estimate of drug-likeness (QED) is 0.616. The summed E-state index contributed by atoms with van der Waals surface area (Å²) in [6, 6.07) is 3.73. The van der Waals surface area contributed by atoms with Crippen LogP contribution in [-0.2, 0) is 12.4 Å². The second-order valence-electron chi connectivity index (χ2n) is 5.86. The van der Waals surface area contributed by atoms with Crippen LogP contribution in [0.4, 0.5) is 0 Å². The molecule has 0 N–H and O–H groups in total. The van der Waals surface area contributed by atoms with Gasteiger partial charge in [0.15, 0.2) is 0 Å². The van der Waals surface area contributed by atoms with E-state index in [4.69, 9.17) is 34.8 Å². The average Bonchev–Trinajstić information content (AvgIpc) is 2.83. The van der Waals surface area contributed by atoms with Crippen molar-refractivity contribution < 1.29 is 0 Å². The van der Waals surface area contributed by atoms with Crippen molar-refractivity contribution in [3.63, 3.8) is 0 Å². The average molecular weight is 346 g/mol. The Labute approximate surface area is 140 Å². The van der Waals surface area contributed by atoms with Crippen LogP contribution in [0, 0.1) is 5.92 Å². The van der Waals surface area contributed by atoms with E-state index in [-0.39, 0.29) is 0 Å². The van der Waals surface area contributed by atoms with Gasteiger partial charge < -0.3 is 4.57 Å². The highest BCUT2D eigenvalue weighted by Gasteiger charge is 2.16. The maximum atomic E-state index is 6.15. The second-order valence-corrected chi connectivity index (χ2v) is 6.94. The van der Waals surface area contributed by atoms with Crippen LogP contribution in [0.1, 0.15) is 44.3 Å². The lowest BCUT2D eigenvalue weighted by molar-refractivity contribution is 0.324. The summed E-state index contributed by atoms with van der Waals surface area (Å²) in [5, 5.41) is 1.12. The molecule has 0 bridgehead atoms. The van der Waals surface area contributed by atoms with Gasteiger partial charge in [-0.15, -0.1) is 11.6 Å². The van der Waals surface area contributed by atoms with Gasteiger partial charge in [0, 0.05) is 6.54 Å². The summed E-state index contributed by atoms with van der Waals surface area (Å²) in [6.45, 7) is 0.960. The Kier molecular flexibility index (Phi) is 4.98. The molecule has 0 saturated heterocycles. The predicted octanol–water partition coefficient (Wildman–Crippen LogP) is 6.05. The van der Waals surface area contributed by atoms with E-state index in [9.17, 15) is 0 Å². The molecule has 1 aliphatic rings. The fraction of sp³-hybridized carbons (Fsp3) is 0.562. The SMILES string of the molecule is ClCc1nc2cc(Cl)c(Cl)cc2n1CCC1CCCCC1. The number of alkyl halides is 1. The van der Waals surface area contributed by atoms with Crippen molar-refractivity contribution in [3.05, 3.63) is 28.0 Å². The van der Waals surface area contributed by atoms with Gasteiger partial charge in [-0.05, 0) is 24.5 Å². The van der Waals surface area contributed by atoms with Crippen molar-refractivity contribution in [1.82, 2.24) is 9.55 Å². The number of hydrogen-bond acceptors (Lipinski definition) is 1. The normalized spacial score (nSPS) is 16.7. The molecule has 21 heavy (non-hydrogen) atoms. The van der Waals surface area contributed by atoms with E-state index in [2.05, 4.69) is 9.55 Å². The van der Waals surface area contributed by atoms with Gasteiger partial charge in [-0.2, -0.15) is 0 Å². The first kappa shape index (κ1) is 15.5. The van der Waals surface area contributed by atoms with Crippen LogP contribution >= 0.6 is 34.8 Å². The molecule has 1 aromatic heterocycles. The number of nitrogens with zero attached hydrogens (tertiary/aromatic N) is 2. The molecular weight excluding hydrogens is 327 g/mol. The van der Waals surface area contributed by atoms with Gasteiger partial charge in [-0.1, -0.05) is 55.3 Å². The first-order valence-corrected chi connectivity index (χ1v) is 8.88. The zero-order valence-corrected chi connectivity index (χ0v) is 14.2. The van der Waals surface area contributed by atoms with Gasteiger partial charge in [-0.3, -0.25) is 0 Å². The predicted molar refractivity (Wildman–Crippen MR) is 90.5 cm³/mol. The van der Waals surface area contributed by atoms with Gasteiger partial charge in [-0.25, -0.2) is 4.98 Å². The van der Waals surface area contributed by atoms with Crippen LogP contribution in [0.15, 0.2) is 12.1 Å². The van der Waals surface area contributed by atoms with Gasteiger partial charge >= 0.3 is 0 Å². The third-order valence-corrected chi connectivity index (χ3v) is 5.44. The molecule has 0 radical (unpaired) electrons. The highest BCUT2D eigenvalue weighted by Crippen LogP contribution is 2.31. The second kappa shape index (κ2) is 6.76. The number of halogens is 3. The van der Waals surface area contributed by atoms with Crippen molar-refractivity contribution in [3.8, 4) is 0 Å². The van der Waals surface area contributed by atoms with E-state index in [0.29, 0.717) is 15.9 Å². The molecule has 1 heterocycles. The lowest BCUT2D eigenvalue weighted by atomic mass is 9.87. The minimum Gasteiger partial charge on any atom is -0.327 e. The van der Waals surface area contributed by atoms with E-state index in [1.807, 2.05) is 12.1 Å². The summed E-state index contributed by atoms with van der Waals surface area (Å²) in [5.41, 5.74) is 1.92. The van der Waals surface area contributed by atoms with Crippen molar-refractivity contribution in [2.24, 2.45) is 5.92 Å². The number of aryl methyl sites for hydroxylation is 1. The lowest BCUT2D eigenvalue weighted by Gasteiger charge is -2.22. The molecule has 0 aliphatic heterocycles. The van der Waals surface area contributed by atoms with E-state index in [0.717, 1.165) is 29.3 Å². The number of aromatic nitrogens is 2. The van der Waals surface area contributed by atoms with Crippen molar-refractivity contribution in [2.75, 3.05) is 0 Å². The first-order valence-electron chi connectivity index (χ1n) is 7.59. The molecule has 114 valence electrons. The minimum absolute atomic E-state index is 0.411. The van der Waals surface area contributed by atoms with E-state index < -0.39 is 0 Å². The van der Waals surface area contributed by atoms with E-state index >= 15 is 0 Å². The first-order chi connectivity index (χ1) is 10.2. The number of fused-ring (bicyclic) bond motifs is 1. The fourth-order valence-corrected chi connectivity index (χ4v) is 3.83. The summed E-state index contributed by atoms with van der Waals surface area (Å²) in [4.78, 5) is 4.58. The van der Waals surface area contributed by atoms with Crippen LogP contribution in [0.25, 0.3) is 11.0 Å². The zero-order valence-electron chi connectivity index (χ0n) is 11.9. The van der Waals surface area contributed by atoms with Gasteiger partial charge in [0.2, 0.25) is 0 Å². The molecule has 5 heteroatoms. The Morgan fingerprint density at radius 1 is 1.10 bits per heavy atom. The Morgan fingerprint density at radius 3 is 2.52 bits per heavy atom. The van der Waals surface area contributed by atoms with Crippen LogP contribution in [0.5, 0.6) is 0 Å². The third-order valence-electron chi connectivity index (χ3n) is 4.47. The largest absolute Gasteiger partial charge is 0.327 e. The Bertz CT molecular complexity index is 630. The molecule has 3 rings (SSSR count). The van der Waals surface area contributed by atoms with Gasteiger partial charge in [0.05, 0.1) is 27.0 Å². The Morgan fingerprint density at radius 2 is 1.81 bits per heavy atom. The summed E-state index contributed by atoms with van der Waals surface area (Å²) in [5.74, 6) is 2.15. The Balaban J connectivity index is 1.86. The summed E-state index contributed by atoms with van der Waals surface area (Å²) in [6.07, 6.45) is 8.05. The lowest BCUT2D eigenvalue weighted by Crippen LogP contribution is -2.11. The fourth-order valence-electron chi connectivity index (χ4n) is 3.31. The number of hydrogen-bond donors (Lipinski definition) is 0. The van der Waals surface area contributed by atoms with Crippen molar-refractivity contribution >= 4 is 45.8 Å². The molecule has 0 atom stereocenters. The minimum atomic E-state index is 0.411. The van der Waals surface area contributed by atoms with Crippen molar-refractivity contribution in [1.29, 1.82) is 0 Å². The number of rotatable bonds is 4. The Hall–Kier alpha value is -0.440. The molecule has 0 amide bonds. The maximum Gasteiger partial charge on any atom is 0.124 e. The topological polar surface area (TPSA) is 17.8 Å².